The smallest absolute Gasteiger partial charge is 0.0697 e. The van der Waals surface area contributed by atoms with E-state index in [1.165, 1.54) is 25.7 Å². The molecule has 8 heavy (non-hydrogen) atoms. The molecule has 0 saturated heterocycles. The number of hydrogen-bond acceptors (Lipinski definition) is 0. The van der Waals surface area contributed by atoms with Crippen LogP contribution in [0.3, 0.4) is 0 Å². The highest BCUT2D eigenvalue weighted by atomic mass is 14.2. The SMILES string of the molecule is BC(C)C1CCCC1. The van der Waals surface area contributed by atoms with Gasteiger partial charge in [0, 0.05) is 0 Å². The Morgan fingerprint density at radius 1 is 1.38 bits per heavy atom. The Hall–Kier alpha value is 0.0649. The predicted octanol–water partition coefficient (Wildman–Crippen LogP) is 1.62. The Kier molecular flexibility index (Phi) is 1.98. The highest BCUT2D eigenvalue weighted by Gasteiger charge is 2.17. The van der Waals surface area contributed by atoms with Gasteiger partial charge >= 0.3 is 0 Å². The maximum absolute atomic E-state index is 2.34. The van der Waals surface area contributed by atoms with Gasteiger partial charge in [0.05, 0.1) is 0 Å². The maximum atomic E-state index is 2.34. The molecule has 1 rings (SSSR count). The quantitative estimate of drug-likeness (QED) is 0.450. The Morgan fingerprint density at radius 3 is 2.12 bits per heavy atom. The first-order chi connectivity index (χ1) is 3.80. The van der Waals surface area contributed by atoms with Crippen molar-refractivity contribution < 1.29 is 0 Å². The summed E-state index contributed by atoms with van der Waals surface area (Å²) < 4.78 is 0. The van der Waals surface area contributed by atoms with E-state index in [0.29, 0.717) is 0 Å². The molecule has 0 amide bonds. The van der Waals surface area contributed by atoms with Gasteiger partial charge in [-0.15, -0.1) is 0 Å². The van der Waals surface area contributed by atoms with Crippen molar-refractivity contribution in [1.82, 2.24) is 0 Å². The number of hydrogen-bond donors (Lipinski definition) is 0. The molecule has 1 fully saturated rings. The van der Waals surface area contributed by atoms with Crippen molar-refractivity contribution in [2.24, 2.45) is 5.92 Å². The first-order valence-electron chi connectivity index (χ1n) is 3.80. The van der Waals surface area contributed by atoms with Crippen molar-refractivity contribution in [2.45, 2.75) is 38.4 Å². The van der Waals surface area contributed by atoms with E-state index < -0.39 is 0 Å². The monoisotopic (exact) mass is 110 g/mol. The largest absolute Gasteiger partial charge is 0.105 e. The van der Waals surface area contributed by atoms with Gasteiger partial charge in [0.2, 0.25) is 0 Å². The minimum Gasteiger partial charge on any atom is -0.0697 e. The van der Waals surface area contributed by atoms with Crippen LogP contribution in [0, 0.1) is 5.92 Å². The third-order valence-corrected chi connectivity index (χ3v) is 2.34. The van der Waals surface area contributed by atoms with Gasteiger partial charge in [-0.3, -0.25) is 0 Å². The van der Waals surface area contributed by atoms with Gasteiger partial charge in [0.1, 0.15) is 7.85 Å². The summed E-state index contributed by atoms with van der Waals surface area (Å²) in [5.74, 6) is 2.01. The lowest BCUT2D eigenvalue weighted by atomic mass is 9.77. The lowest BCUT2D eigenvalue weighted by Crippen LogP contribution is -1.99. The van der Waals surface area contributed by atoms with Crippen molar-refractivity contribution in [2.75, 3.05) is 0 Å². The molecule has 1 aliphatic rings. The lowest BCUT2D eigenvalue weighted by Gasteiger charge is -2.11. The van der Waals surface area contributed by atoms with Gasteiger partial charge in [-0.25, -0.2) is 0 Å². The van der Waals surface area contributed by atoms with Crippen LogP contribution in [0.15, 0.2) is 0 Å². The molecule has 0 radical (unpaired) electrons. The second-order valence-electron chi connectivity index (χ2n) is 3.29. The summed E-state index contributed by atoms with van der Waals surface area (Å²) in [5, 5.41) is 0. The minimum absolute atomic E-state index is 0.942. The Labute approximate surface area is 53.1 Å². The van der Waals surface area contributed by atoms with Crippen LogP contribution >= 0.6 is 0 Å². The van der Waals surface area contributed by atoms with Gasteiger partial charge in [-0.1, -0.05) is 38.4 Å². The van der Waals surface area contributed by atoms with Crippen molar-refractivity contribution >= 4 is 7.85 Å². The maximum Gasteiger partial charge on any atom is 0.105 e. The molecule has 1 atom stereocenters. The predicted molar refractivity (Wildman–Crippen MR) is 39.9 cm³/mol. The molecule has 1 heteroatoms. The van der Waals surface area contributed by atoms with Crippen molar-refractivity contribution in [1.29, 1.82) is 0 Å². The molecule has 1 unspecified atom stereocenters. The Balaban J connectivity index is 2.24. The summed E-state index contributed by atoms with van der Waals surface area (Å²) in [6, 6.07) is 0. The van der Waals surface area contributed by atoms with Gasteiger partial charge in [-0.2, -0.15) is 0 Å². The third-order valence-electron chi connectivity index (χ3n) is 2.34. The second kappa shape index (κ2) is 2.57. The molecule has 0 heterocycles. The van der Waals surface area contributed by atoms with Crippen LogP contribution in [0.4, 0.5) is 0 Å². The molecule has 0 aromatic rings. The molecule has 0 bridgehead atoms. The summed E-state index contributed by atoms with van der Waals surface area (Å²) in [6.07, 6.45) is 5.97. The fourth-order valence-corrected chi connectivity index (χ4v) is 1.62. The molecule has 0 spiro atoms. The summed E-state index contributed by atoms with van der Waals surface area (Å²) in [4.78, 5) is 0. The van der Waals surface area contributed by atoms with Gasteiger partial charge < -0.3 is 0 Å². The zero-order valence-corrected chi connectivity index (χ0v) is 5.98. The fourth-order valence-electron chi connectivity index (χ4n) is 1.62. The summed E-state index contributed by atoms with van der Waals surface area (Å²) in [7, 11) is 2.34. The van der Waals surface area contributed by atoms with Crippen molar-refractivity contribution in [3.05, 3.63) is 0 Å². The second-order valence-corrected chi connectivity index (χ2v) is 3.29. The van der Waals surface area contributed by atoms with E-state index in [1.54, 1.807) is 0 Å². The lowest BCUT2D eigenvalue weighted by molar-refractivity contribution is 0.530. The van der Waals surface area contributed by atoms with E-state index >= 15 is 0 Å². The highest BCUT2D eigenvalue weighted by molar-refractivity contribution is 6.11. The molecular weight excluding hydrogens is 94.9 g/mol. The Morgan fingerprint density at radius 2 is 1.88 bits per heavy atom. The van der Waals surface area contributed by atoms with E-state index in [0.717, 1.165) is 11.7 Å². The normalized spacial score (nSPS) is 26.1. The van der Waals surface area contributed by atoms with Crippen LogP contribution in [-0.4, -0.2) is 7.85 Å². The molecule has 0 aliphatic heterocycles. The van der Waals surface area contributed by atoms with Crippen LogP contribution in [0.5, 0.6) is 0 Å². The molecule has 46 valence electrons. The van der Waals surface area contributed by atoms with Gasteiger partial charge in [0.15, 0.2) is 0 Å². The van der Waals surface area contributed by atoms with E-state index in [-0.39, 0.29) is 0 Å². The molecule has 0 aromatic carbocycles. The first kappa shape index (κ1) is 6.19. The summed E-state index contributed by atoms with van der Waals surface area (Å²) in [5.41, 5.74) is 0. The van der Waals surface area contributed by atoms with E-state index in [2.05, 4.69) is 14.8 Å². The molecule has 0 aromatic heterocycles. The van der Waals surface area contributed by atoms with Crippen LogP contribution in [0.1, 0.15) is 32.6 Å². The van der Waals surface area contributed by atoms with Crippen LogP contribution < -0.4 is 0 Å². The van der Waals surface area contributed by atoms with Crippen LogP contribution in [-0.2, 0) is 0 Å². The summed E-state index contributed by atoms with van der Waals surface area (Å²) in [6.45, 7) is 2.34. The minimum atomic E-state index is 0.942. The molecule has 0 N–H and O–H groups in total. The Bertz CT molecular complexity index is 62.8. The van der Waals surface area contributed by atoms with Gasteiger partial charge in [0.25, 0.3) is 0 Å². The van der Waals surface area contributed by atoms with E-state index in [1.807, 2.05) is 0 Å². The number of rotatable bonds is 1. The molecular formula is C7H15B. The average molecular weight is 110 g/mol. The van der Waals surface area contributed by atoms with Crippen LogP contribution in [0.2, 0.25) is 5.82 Å². The highest BCUT2D eigenvalue weighted by Crippen LogP contribution is 2.32. The zero-order chi connectivity index (χ0) is 5.98. The topological polar surface area (TPSA) is 0 Å². The summed E-state index contributed by atoms with van der Waals surface area (Å²) >= 11 is 0. The first-order valence-corrected chi connectivity index (χ1v) is 3.80. The average Bonchev–Trinajstić information content (AvgIpc) is 2.12. The van der Waals surface area contributed by atoms with Crippen molar-refractivity contribution in [3.8, 4) is 0 Å². The standard InChI is InChI=1S/C7H15B/c1-6(8)7-4-2-3-5-7/h6-7H,2-5,8H2,1H3. The van der Waals surface area contributed by atoms with E-state index in [9.17, 15) is 0 Å². The molecule has 1 saturated carbocycles. The van der Waals surface area contributed by atoms with Crippen molar-refractivity contribution in [3.63, 3.8) is 0 Å². The fraction of sp³-hybridized carbons (Fsp3) is 1.00. The molecule has 0 nitrogen and oxygen atoms in total. The zero-order valence-electron chi connectivity index (χ0n) is 5.98. The molecule has 1 aliphatic carbocycles. The third kappa shape index (κ3) is 1.27. The van der Waals surface area contributed by atoms with E-state index in [4.69, 9.17) is 0 Å². The van der Waals surface area contributed by atoms with Gasteiger partial charge in [-0.05, 0) is 5.92 Å². The van der Waals surface area contributed by atoms with Crippen LogP contribution in [0.25, 0.3) is 0 Å².